The van der Waals surface area contributed by atoms with E-state index >= 15 is 0 Å². The van der Waals surface area contributed by atoms with E-state index in [1.54, 1.807) is 6.07 Å². The number of halogens is 1. The summed E-state index contributed by atoms with van der Waals surface area (Å²) in [5.41, 5.74) is 6.06. The van der Waals surface area contributed by atoms with Crippen LogP contribution in [0.1, 0.15) is 26.2 Å². The minimum absolute atomic E-state index is 0.143. The van der Waals surface area contributed by atoms with Gasteiger partial charge in [0.1, 0.15) is 4.90 Å². The number of benzene rings is 1. The highest BCUT2D eigenvalue weighted by Crippen LogP contribution is 2.31. The van der Waals surface area contributed by atoms with Gasteiger partial charge in [0.2, 0.25) is 10.0 Å². The maximum absolute atomic E-state index is 12.6. The minimum Gasteiger partial charge on any atom is -0.399 e. The molecule has 0 unspecified atom stereocenters. The van der Waals surface area contributed by atoms with E-state index in [4.69, 9.17) is 17.3 Å². The van der Waals surface area contributed by atoms with Crippen LogP contribution >= 0.6 is 11.6 Å². The number of sulfonamides is 1. The Morgan fingerprint density at radius 2 is 2.11 bits per heavy atom. The van der Waals surface area contributed by atoms with Crippen molar-refractivity contribution in [3.8, 4) is 0 Å². The Balaban J connectivity index is 2.27. The van der Waals surface area contributed by atoms with Crippen molar-refractivity contribution in [1.82, 2.24) is 4.31 Å². The molecular formula is C13H19ClN2O2S. The Labute approximate surface area is 119 Å². The Hall–Kier alpha value is -0.780. The van der Waals surface area contributed by atoms with Gasteiger partial charge in [0.25, 0.3) is 0 Å². The second kappa shape index (κ2) is 5.69. The van der Waals surface area contributed by atoms with E-state index in [0.717, 1.165) is 12.8 Å². The van der Waals surface area contributed by atoms with Gasteiger partial charge in [-0.2, -0.15) is 4.31 Å². The molecule has 0 amide bonds. The van der Waals surface area contributed by atoms with Gasteiger partial charge in [0.05, 0.1) is 5.02 Å². The molecule has 0 bridgehead atoms. The van der Waals surface area contributed by atoms with E-state index in [1.807, 2.05) is 6.92 Å². The number of hydrogen-bond acceptors (Lipinski definition) is 3. The van der Waals surface area contributed by atoms with Crippen LogP contribution in [0.25, 0.3) is 0 Å². The van der Waals surface area contributed by atoms with Crippen molar-refractivity contribution in [2.75, 3.05) is 18.8 Å². The van der Waals surface area contributed by atoms with Crippen molar-refractivity contribution in [1.29, 1.82) is 0 Å². The number of nitrogens with zero attached hydrogens (tertiary/aromatic N) is 1. The number of rotatable bonds is 5. The lowest BCUT2D eigenvalue weighted by Gasteiger charge is -2.31. The van der Waals surface area contributed by atoms with Crippen LogP contribution in [0.3, 0.4) is 0 Å². The van der Waals surface area contributed by atoms with Crippen molar-refractivity contribution >= 4 is 27.3 Å². The second-order valence-corrected chi connectivity index (χ2v) is 7.26. The van der Waals surface area contributed by atoms with Gasteiger partial charge in [0, 0.05) is 18.8 Å². The first-order valence-electron chi connectivity index (χ1n) is 6.50. The van der Waals surface area contributed by atoms with Gasteiger partial charge in [-0.25, -0.2) is 8.42 Å². The zero-order valence-corrected chi connectivity index (χ0v) is 12.5. The van der Waals surface area contributed by atoms with E-state index in [-0.39, 0.29) is 9.92 Å². The van der Waals surface area contributed by atoms with E-state index in [0.29, 0.717) is 24.7 Å². The van der Waals surface area contributed by atoms with Crippen molar-refractivity contribution in [3.05, 3.63) is 23.2 Å². The maximum Gasteiger partial charge on any atom is 0.244 e. The molecule has 0 atom stereocenters. The van der Waals surface area contributed by atoms with E-state index in [2.05, 4.69) is 0 Å². The first-order valence-corrected chi connectivity index (χ1v) is 8.32. The molecule has 0 spiro atoms. The largest absolute Gasteiger partial charge is 0.399 e. The summed E-state index contributed by atoms with van der Waals surface area (Å²) in [4.78, 5) is 0.143. The van der Waals surface area contributed by atoms with Gasteiger partial charge in [0.15, 0.2) is 0 Å². The first-order chi connectivity index (χ1) is 8.95. The van der Waals surface area contributed by atoms with Gasteiger partial charge in [-0.05, 0) is 37.0 Å². The first kappa shape index (κ1) is 14.6. The summed E-state index contributed by atoms with van der Waals surface area (Å²) in [6, 6.07) is 4.53. The summed E-state index contributed by atoms with van der Waals surface area (Å²) in [5, 5.41) is 0.187. The molecule has 1 saturated carbocycles. The average molecular weight is 303 g/mol. The molecular weight excluding hydrogens is 284 g/mol. The fourth-order valence-electron chi connectivity index (χ4n) is 2.23. The molecule has 4 nitrogen and oxygen atoms in total. The third-order valence-corrected chi connectivity index (χ3v) is 6.04. The van der Waals surface area contributed by atoms with E-state index in [1.165, 1.54) is 22.9 Å². The summed E-state index contributed by atoms with van der Waals surface area (Å²) in [6.45, 7) is 2.89. The highest BCUT2D eigenvalue weighted by Gasteiger charge is 2.29. The fraction of sp³-hybridized carbons (Fsp3) is 0.538. The summed E-state index contributed by atoms with van der Waals surface area (Å²) in [6.07, 6.45) is 3.42. The normalized spacial score (nSPS) is 16.6. The molecule has 0 radical (unpaired) electrons. The van der Waals surface area contributed by atoms with Crippen LogP contribution in [0.15, 0.2) is 23.1 Å². The van der Waals surface area contributed by atoms with Gasteiger partial charge in [-0.15, -0.1) is 0 Å². The van der Waals surface area contributed by atoms with Crippen molar-refractivity contribution in [2.24, 2.45) is 5.92 Å². The van der Waals surface area contributed by atoms with Crippen molar-refractivity contribution in [2.45, 2.75) is 31.1 Å². The predicted molar refractivity (Wildman–Crippen MR) is 77.6 cm³/mol. The lowest BCUT2D eigenvalue weighted by Crippen LogP contribution is -2.37. The van der Waals surface area contributed by atoms with Gasteiger partial charge >= 0.3 is 0 Å². The molecule has 0 aromatic heterocycles. The summed E-state index contributed by atoms with van der Waals surface area (Å²) in [7, 11) is -3.52. The molecule has 1 aromatic carbocycles. The molecule has 1 fully saturated rings. The monoisotopic (exact) mass is 302 g/mol. The van der Waals surface area contributed by atoms with Crippen LogP contribution < -0.4 is 5.73 Å². The molecule has 2 rings (SSSR count). The quantitative estimate of drug-likeness (QED) is 0.851. The number of nitrogen functional groups attached to an aromatic ring is 1. The number of nitrogens with two attached hydrogens (primary N) is 1. The van der Waals surface area contributed by atoms with Crippen LogP contribution in [-0.2, 0) is 10.0 Å². The van der Waals surface area contributed by atoms with E-state index < -0.39 is 10.0 Å². The Morgan fingerprint density at radius 1 is 1.42 bits per heavy atom. The predicted octanol–water partition coefficient (Wildman–Crippen LogP) is 2.73. The van der Waals surface area contributed by atoms with Crippen LogP contribution in [0.5, 0.6) is 0 Å². The summed E-state index contributed by atoms with van der Waals surface area (Å²) in [5.74, 6) is 0.488. The average Bonchev–Trinajstić information content (AvgIpc) is 2.26. The lowest BCUT2D eigenvalue weighted by molar-refractivity contribution is 0.250. The third-order valence-electron chi connectivity index (χ3n) is 3.61. The zero-order valence-electron chi connectivity index (χ0n) is 11.0. The smallest absolute Gasteiger partial charge is 0.244 e. The minimum atomic E-state index is -3.52. The fourth-order valence-corrected chi connectivity index (χ4v) is 4.28. The maximum atomic E-state index is 12.6. The lowest BCUT2D eigenvalue weighted by atomic mass is 9.85. The molecule has 1 aromatic rings. The van der Waals surface area contributed by atoms with Gasteiger partial charge < -0.3 is 5.73 Å². The molecule has 1 aliphatic carbocycles. The van der Waals surface area contributed by atoms with Crippen LogP contribution in [-0.4, -0.2) is 25.8 Å². The highest BCUT2D eigenvalue weighted by molar-refractivity contribution is 7.89. The SMILES string of the molecule is CCN(CC1CCC1)S(=O)(=O)c1ccc(N)cc1Cl. The van der Waals surface area contributed by atoms with Crippen molar-refractivity contribution in [3.63, 3.8) is 0 Å². The molecule has 6 heteroatoms. The van der Waals surface area contributed by atoms with E-state index in [9.17, 15) is 8.42 Å². The molecule has 0 aliphatic heterocycles. The topological polar surface area (TPSA) is 63.4 Å². The third kappa shape index (κ3) is 3.04. The zero-order chi connectivity index (χ0) is 14.0. The molecule has 1 aliphatic rings. The summed E-state index contributed by atoms with van der Waals surface area (Å²) >= 11 is 6.01. The van der Waals surface area contributed by atoms with Gasteiger partial charge in [-0.1, -0.05) is 24.9 Å². The van der Waals surface area contributed by atoms with Crippen LogP contribution in [0.4, 0.5) is 5.69 Å². The number of anilines is 1. The highest BCUT2D eigenvalue weighted by atomic mass is 35.5. The van der Waals surface area contributed by atoms with Crippen molar-refractivity contribution < 1.29 is 8.42 Å². The number of hydrogen-bond donors (Lipinski definition) is 1. The second-order valence-electron chi connectivity index (χ2n) is 4.94. The Kier molecular flexibility index (Phi) is 4.38. The van der Waals surface area contributed by atoms with Crippen LogP contribution in [0.2, 0.25) is 5.02 Å². The summed E-state index contributed by atoms with van der Waals surface area (Å²) < 4.78 is 26.7. The molecule has 19 heavy (non-hydrogen) atoms. The Morgan fingerprint density at radius 3 is 2.58 bits per heavy atom. The molecule has 0 heterocycles. The molecule has 0 saturated heterocycles. The standard InChI is InChI=1S/C13H19ClN2O2S/c1-2-16(9-10-4-3-5-10)19(17,18)13-7-6-11(15)8-12(13)14/h6-8,10H,2-5,9,15H2,1H3. The Bertz CT molecular complexity index is 556. The van der Waals surface area contributed by atoms with Crippen LogP contribution in [0, 0.1) is 5.92 Å². The molecule has 2 N–H and O–H groups in total. The van der Waals surface area contributed by atoms with Gasteiger partial charge in [-0.3, -0.25) is 0 Å². The molecule has 106 valence electrons.